The molecule has 1 heterocycles. The molecule has 1 aromatic carbocycles. The molecule has 0 bridgehead atoms. The van der Waals surface area contributed by atoms with Crippen molar-refractivity contribution in [1.29, 1.82) is 0 Å². The average Bonchev–Trinajstić information content (AvgIpc) is 3.33. The van der Waals surface area contributed by atoms with Crippen LogP contribution in [0.3, 0.4) is 0 Å². The lowest BCUT2D eigenvalue weighted by Crippen LogP contribution is -2.37. The molecule has 1 atom stereocenters. The van der Waals surface area contributed by atoms with E-state index in [4.69, 9.17) is 0 Å². The lowest BCUT2D eigenvalue weighted by atomic mass is 10.0. The van der Waals surface area contributed by atoms with Crippen molar-refractivity contribution in [3.05, 3.63) is 66.0 Å². The molecule has 0 spiro atoms. The van der Waals surface area contributed by atoms with Crippen LogP contribution in [-0.2, 0) is 4.79 Å². The Morgan fingerprint density at radius 1 is 1.14 bits per heavy atom. The summed E-state index contributed by atoms with van der Waals surface area (Å²) in [5, 5.41) is 6.30. The van der Waals surface area contributed by atoms with Gasteiger partial charge in [-0.15, -0.1) is 0 Å². The highest BCUT2D eigenvalue weighted by Crippen LogP contribution is 2.20. The van der Waals surface area contributed by atoms with E-state index in [1.165, 1.54) is 0 Å². The Balaban J connectivity index is 1.71. The monoisotopic (exact) mass is 281 g/mol. The van der Waals surface area contributed by atoms with E-state index in [0.717, 1.165) is 24.1 Å². The standard InChI is InChI=1S/C17H19N3O/c21-16(20-14-9-10-14)12-19-17(13-6-2-1-3-7-13)15-8-4-5-11-18-15/h1-8,11,14,17,19H,9-10,12H2,(H,20,21). The zero-order chi connectivity index (χ0) is 14.5. The molecule has 1 aromatic heterocycles. The Labute approximate surface area is 124 Å². The molecule has 0 aliphatic heterocycles. The van der Waals surface area contributed by atoms with E-state index < -0.39 is 0 Å². The van der Waals surface area contributed by atoms with Gasteiger partial charge in [0.1, 0.15) is 0 Å². The maximum atomic E-state index is 11.9. The van der Waals surface area contributed by atoms with Gasteiger partial charge in [0, 0.05) is 12.2 Å². The molecule has 1 aliphatic rings. The van der Waals surface area contributed by atoms with Crippen LogP contribution < -0.4 is 10.6 Å². The first-order valence-corrected chi connectivity index (χ1v) is 7.31. The molecule has 0 saturated heterocycles. The van der Waals surface area contributed by atoms with Crippen molar-refractivity contribution in [2.24, 2.45) is 0 Å². The number of hydrogen-bond acceptors (Lipinski definition) is 3. The third kappa shape index (κ3) is 3.89. The normalized spacial score (nSPS) is 15.4. The molecule has 1 amide bonds. The number of amides is 1. The summed E-state index contributed by atoms with van der Waals surface area (Å²) in [6, 6.07) is 16.2. The summed E-state index contributed by atoms with van der Waals surface area (Å²) in [6.45, 7) is 0.298. The average molecular weight is 281 g/mol. The molecule has 0 radical (unpaired) electrons. The molecule has 2 N–H and O–H groups in total. The van der Waals surface area contributed by atoms with Crippen LogP contribution in [0.5, 0.6) is 0 Å². The quantitative estimate of drug-likeness (QED) is 0.852. The minimum Gasteiger partial charge on any atom is -0.352 e. The Morgan fingerprint density at radius 3 is 2.57 bits per heavy atom. The third-order valence-electron chi connectivity index (χ3n) is 3.53. The van der Waals surface area contributed by atoms with Gasteiger partial charge in [0.2, 0.25) is 5.91 Å². The second-order valence-electron chi connectivity index (χ2n) is 5.32. The molecular weight excluding hydrogens is 262 g/mol. The van der Waals surface area contributed by atoms with E-state index in [1.807, 2.05) is 48.5 Å². The molecule has 21 heavy (non-hydrogen) atoms. The highest BCUT2D eigenvalue weighted by atomic mass is 16.2. The first-order valence-electron chi connectivity index (χ1n) is 7.31. The summed E-state index contributed by atoms with van der Waals surface area (Å²) in [6.07, 6.45) is 3.99. The zero-order valence-electron chi connectivity index (χ0n) is 11.8. The summed E-state index contributed by atoms with van der Waals surface area (Å²) in [5.74, 6) is 0.0503. The van der Waals surface area contributed by atoms with E-state index in [-0.39, 0.29) is 11.9 Å². The van der Waals surface area contributed by atoms with Gasteiger partial charge in [0.05, 0.1) is 18.3 Å². The lowest BCUT2D eigenvalue weighted by molar-refractivity contribution is -0.120. The van der Waals surface area contributed by atoms with Gasteiger partial charge in [-0.25, -0.2) is 0 Å². The largest absolute Gasteiger partial charge is 0.352 e. The van der Waals surface area contributed by atoms with E-state index in [9.17, 15) is 4.79 Å². The molecule has 1 saturated carbocycles. The van der Waals surface area contributed by atoms with E-state index in [2.05, 4.69) is 15.6 Å². The maximum Gasteiger partial charge on any atom is 0.234 e. The molecule has 1 aliphatic carbocycles. The zero-order valence-corrected chi connectivity index (χ0v) is 11.8. The predicted molar refractivity (Wildman–Crippen MR) is 81.7 cm³/mol. The van der Waals surface area contributed by atoms with Gasteiger partial charge in [-0.05, 0) is 30.5 Å². The van der Waals surface area contributed by atoms with Gasteiger partial charge in [-0.2, -0.15) is 0 Å². The predicted octanol–water partition coefficient (Wildman–Crippen LogP) is 2.04. The smallest absolute Gasteiger partial charge is 0.234 e. The fraction of sp³-hybridized carbons (Fsp3) is 0.294. The fourth-order valence-electron chi connectivity index (χ4n) is 2.29. The third-order valence-corrected chi connectivity index (χ3v) is 3.53. The van der Waals surface area contributed by atoms with Crippen LogP contribution in [0.15, 0.2) is 54.7 Å². The first-order chi connectivity index (χ1) is 10.3. The minimum absolute atomic E-state index is 0.0503. The van der Waals surface area contributed by atoms with Crippen molar-refractivity contribution >= 4 is 5.91 Å². The molecule has 108 valence electrons. The van der Waals surface area contributed by atoms with Gasteiger partial charge >= 0.3 is 0 Å². The summed E-state index contributed by atoms with van der Waals surface area (Å²) in [7, 11) is 0. The number of carbonyl (C=O) groups excluding carboxylic acids is 1. The minimum atomic E-state index is -0.0719. The van der Waals surface area contributed by atoms with Crippen LogP contribution in [0.25, 0.3) is 0 Å². The van der Waals surface area contributed by atoms with Crippen LogP contribution in [0.4, 0.5) is 0 Å². The first kappa shape index (κ1) is 13.8. The van der Waals surface area contributed by atoms with E-state index in [1.54, 1.807) is 6.20 Å². The summed E-state index contributed by atoms with van der Waals surface area (Å²) in [4.78, 5) is 16.3. The molecular formula is C17H19N3O. The Kier molecular flexibility index (Phi) is 4.26. The summed E-state index contributed by atoms with van der Waals surface area (Å²) in [5.41, 5.74) is 2.03. The van der Waals surface area contributed by atoms with Crippen molar-refractivity contribution in [3.63, 3.8) is 0 Å². The van der Waals surface area contributed by atoms with Gasteiger partial charge in [-0.1, -0.05) is 36.4 Å². The second-order valence-corrected chi connectivity index (χ2v) is 5.32. The number of hydrogen-bond donors (Lipinski definition) is 2. The SMILES string of the molecule is O=C(CNC(c1ccccc1)c1ccccn1)NC1CC1. The number of carbonyl (C=O) groups is 1. The second kappa shape index (κ2) is 6.50. The number of benzene rings is 1. The molecule has 1 unspecified atom stereocenters. The van der Waals surface area contributed by atoms with Gasteiger partial charge in [-0.3, -0.25) is 15.1 Å². The molecule has 1 fully saturated rings. The fourth-order valence-corrected chi connectivity index (χ4v) is 2.29. The Bertz CT molecular complexity index is 542. The van der Waals surface area contributed by atoms with Gasteiger partial charge in [0.25, 0.3) is 0 Å². The highest BCUT2D eigenvalue weighted by molar-refractivity contribution is 5.78. The van der Waals surface area contributed by atoms with E-state index >= 15 is 0 Å². The van der Waals surface area contributed by atoms with Gasteiger partial charge in [0.15, 0.2) is 0 Å². The number of nitrogens with one attached hydrogen (secondary N) is 2. The molecule has 3 rings (SSSR count). The van der Waals surface area contributed by atoms with Crippen LogP contribution in [0.1, 0.15) is 30.1 Å². The van der Waals surface area contributed by atoms with Crippen LogP contribution in [0, 0.1) is 0 Å². The highest BCUT2D eigenvalue weighted by Gasteiger charge is 2.23. The van der Waals surface area contributed by atoms with Crippen LogP contribution in [-0.4, -0.2) is 23.5 Å². The molecule has 2 aromatic rings. The summed E-state index contributed by atoms with van der Waals surface area (Å²) >= 11 is 0. The lowest BCUT2D eigenvalue weighted by Gasteiger charge is -2.18. The topological polar surface area (TPSA) is 54.0 Å². The summed E-state index contributed by atoms with van der Waals surface area (Å²) < 4.78 is 0. The van der Waals surface area contributed by atoms with Crippen LogP contribution >= 0.6 is 0 Å². The van der Waals surface area contributed by atoms with Gasteiger partial charge < -0.3 is 5.32 Å². The Hall–Kier alpha value is -2.20. The van der Waals surface area contributed by atoms with Crippen molar-refractivity contribution < 1.29 is 4.79 Å². The van der Waals surface area contributed by atoms with Crippen molar-refractivity contribution in [1.82, 2.24) is 15.6 Å². The van der Waals surface area contributed by atoms with Crippen molar-refractivity contribution in [2.75, 3.05) is 6.54 Å². The number of rotatable bonds is 6. The van der Waals surface area contributed by atoms with Crippen molar-refractivity contribution in [3.8, 4) is 0 Å². The van der Waals surface area contributed by atoms with Crippen LogP contribution in [0.2, 0.25) is 0 Å². The maximum absolute atomic E-state index is 11.9. The number of pyridine rings is 1. The van der Waals surface area contributed by atoms with E-state index in [0.29, 0.717) is 12.6 Å². The molecule has 4 nitrogen and oxygen atoms in total. The number of nitrogens with zero attached hydrogens (tertiary/aromatic N) is 1. The van der Waals surface area contributed by atoms with Crippen molar-refractivity contribution in [2.45, 2.75) is 24.9 Å². The number of aromatic nitrogens is 1. The Morgan fingerprint density at radius 2 is 1.90 bits per heavy atom. The molecule has 4 heteroatoms.